The van der Waals surface area contributed by atoms with Crippen LogP contribution < -0.4 is 0 Å². The summed E-state index contributed by atoms with van der Waals surface area (Å²) in [6.45, 7) is 2.05. The van der Waals surface area contributed by atoms with Crippen molar-refractivity contribution in [1.29, 1.82) is 0 Å². The van der Waals surface area contributed by atoms with E-state index in [9.17, 15) is 0 Å². The molecule has 14 heavy (non-hydrogen) atoms. The lowest BCUT2D eigenvalue weighted by Gasteiger charge is -1.98. The van der Waals surface area contributed by atoms with E-state index in [1.54, 1.807) is 11.3 Å². The molecule has 2 nitrogen and oxygen atoms in total. The van der Waals surface area contributed by atoms with Gasteiger partial charge in [0, 0.05) is 27.9 Å². The van der Waals surface area contributed by atoms with Gasteiger partial charge in [-0.3, -0.25) is 0 Å². The number of aryl methyl sites for hydroxylation is 1. The van der Waals surface area contributed by atoms with Crippen LogP contribution in [0.25, 0.3) is 21.1 Å². The minimum atomic E-state index is 0.838. The van der Waals surface area contributed by atoms with Crippen LogP contribution in [0.15, 0.2) is 29.9 Å². The topological polar surface area (TPSA) is 25.8 Å². The summed E-state index contributed by atoms with van der Waals surface area (Å²) in [4.78, 5) is 8.62. The Hall–Kier alpha value is -1.48. The van der Waals surface area contributed by atoms with E-state index in [2.05, 4.69) is 34.4 Å². The molecule has 0 saturated heterocycles. The number of aromatic nitrogens is 2. The quantitative estimate of drug-likeness (QED) is 0.557. The minimum Gasteiger partial charge on any atom is -0.236 e. The number of rotatable bonds is 0. The highest BCUT2D eigenvalue weighted by Crippen LogP contribution is 2.27. The van der Waals surface area contributed by atoms with Gasteiger partial charge in [-0.05, 0) is 30.0 Å². The molecule has 3 heterocycles. The van der Waals surface area contributed by atoms with Crippen LogP contribution in [0, 0.1) is 6.92 Å². The first kappa shape index (κ1) is 7.88. The van der Waals surface area contributed by atoms with Crippen molar-refractivity contribution in [3.05, 3.63) is 35.5 Å². The molecule has 0 aliphatic rings. The number of fused-ring (bicyclic) bond motifs is 3. The van der Waals surface area contributed by atoms with Crippen LogP contribution in [0.1, 0.15) is 5.56 Å². The lowest BCUT2D eigenvalue weighted by Crippen LogP contribution is -1.84. The smallest absolute Gasteiger partial charge is 0.160 e. The predicted octanol–water partition coefficient (Wildman–Crippen LogP) is 3.15. The van der Waals surface area contributed by atoms with Gasteiger partial charge in [-0.15, -0.1) is 11.3 Å². The Balaban J connectivity index is 2.60. The molecule has 0 aliphatic carbocycles. The second-order valence-electron chi connectivity index (χ2n) is 3.35. The van der Waals surface area contributed by atoms with E-state index in [0.29, 0.717) is 0 Å². The number of hydrogen-bond donors (Lipinski definition) is 0. The molecule has 0 aromatic carbocycles. The normalized spacial score (nSPS) is 11.2. The van der Waals surface area contributed by atoms with E-state index in [1.807, 2.05) is 12.4 Å². The van der Waals surface area contributed by atoms with Gasteiger partial charge < -0.3 is 0 Å². The van der Waals surface area contributed by atoms with Crippen LogP contribution in [0.5, 0.6) is 0 Å². The number of thiophene rings is 1. The Bertz CT molecular complexity index is 613. The predicted molar refractivity (Wildman–Crippen MR) is 59.7 cm³/mol. The van der Waals surface area contributed by atoms with Gasteiger partial charge in [-0.2, -0.15) is 0 Å². The number of hydrogen-bond acceptors (Lipinski definition) is 3. The lowest BCUT2D eigenvalue weighted by atomic mass is 10.2. The maximum atomic E-state index is 4.32. The first-order valence-electron chi connectivity index (χ1n) is 4.43. The van der Waals surface area contributed by atoms with E-state index in [0.717, 1.165) is 11.0 Å². The van der Waals surface area contributed by atoms with Gasteiger partial charge in [0.2, 0.25) is 0 Å². The van der Waals surface area contributed by atoms with Gasteiger partial charge >= 0.3 is 0 Å². The van der Waals surface area contributed by atoms with Crippen molar-refractivity contribution in [2.75, 3.05) is 0 Å². The van der Waals surface area contributed by atoms with E-state index in [-0.39, 0.29) is 0 Å². The molecular weight excluding hydrogens is 192 g/mol. The number of pyridine rings is 2. The molecule has 0 radical (unpaired) electrons. The third-order valence-corrected chi connectivity index (χ3v) is 3.23. The molecule has 3 rings (SSSR count). The Kier molecular flexibility index (Phi) is 1.55. The van der Waals surface area contributed by atoms with Crippen molar-refractivity contribution in [3.63, 3.8) is 0 Å². The van der Waals surface area contributed by atoms with E-state index in [1.165, 1.54) is 15.6 Å². The van der Waals surface area contributed by atoms with Crippen LogP contribution in [-0.4, -0.2) is 9.97 Å². The Morgan fingerprint density at radius 1 is 1.21 bits per heavy atom. The van der Waals surface area contributed by atoms with Crippen molar-refractivity contribution >= 4 is 32.5 Å². The van der Waals surface area contributed by atoms with Crippen LogP contribution in [0.4, 0.5) is 0 Å². The molecule has 68 valence electrons. The summed E-state index contributed by atoms with van der Waals surface area (Å²) < 4.78 is 1.28. The zero-order valence-corrected chi connectivity index (χ0v) is 8.51. The molecule has 3 heteroatoms. The zero-order chi connectivity index (χ0) is 9.54. The Labute approximate surface area is 85.2 Å². The van der Waals surface area contributed by atoms with Gasteiger partial charge in [0.25, 0.3) is 0 Å². The van der Waals surface area contributed by atoms with Gasteiger partial charge in [0.05, 0.1) is 0 Å². The molecule has 0 fully saturated rings. The van der Waals surface area contributed by atoms with Crippen molar-refractivity contribution in [1.82, 2.24) is 9.97 Å². The van der Waals surface area contributed by atoms with Gasteiger partial charge in [0.15, 0.2) is 5.65 Å². The summed E-state index contributed by atoms with van der Waals surface area (Å²) in [5.41, 5.74) is 2.02. The summed E-state index contributed by atoms with van der Waals surface area (Å²) in [6, 6.07) is 4.24. The van der Waals surface area contributed by atoms with Crippen LogP contribution in [-0.2, 0) is 0 Å². The Morgan fingerprint density at radius 3 is 3.00 bits per heavy atom. The van der Waals surface area contributed by atoms with E-state index >= 15 is 0 Å². The lowest BCUT2D eigenvalue weighted by molar-refractivity contribution is 1.27. The standard InChI is InChI=1S/C11H8N2S/c1-7-4-9-10-8(2-3-14-10)6-13-11(9)12-5-7/h2-6H,1H3. The average molecular weight is 200 g/mol. The second kappa shape index (κ2) is 2.75. The largest absolute Gasteiger partial charge is 0.236 e. The molecule has 0 saturated carbocycles. The molecule has 3 aromatic heterocycles. The fourth-order valence-corrected chi connectivity index (χ4v) is 2.49. The monoisotopic (exact) mass is 200 g/mol. The highest BCUT2D eigenvalue weighted by atomic mass is 32.1. The molecule has 0 spiro atoms. The fourth-order valence-electron chi connectivity index (χ4n) is 1.60. The van der Waals surface area contributed by atoms with Crippen LogP contribution in [0.2, 0.25) is 0 Å². The maximum absolute atomic E-state index is 4.32. The number of nitrogens with zero attached hydrogens (tertiary/aromatic N) is 2. The zero-order valence-electron chi connectivity index (χ0n) is 7.69. The highest BCUT2D eigenvalue weighted by molar-refractivity contribution is 7.18. The molecular formula is C11H8N2S. The first-order valence-corrected chi connectivity index (χ1v) is 5.31. The molecule has 0 bridgehead atoms. The second-order valence-corrected chi connectivity index (χ2v) is 4.26. The summed E-state index contributed by atoms with van der Waals surface area (Å²) in [5.74, 6) is 0. The SMILES string of the molecule is Cc1cnc2ncc3ccsc3c2c1. The first-order chi connectivity index (χ1) is 6.84. The van der Waals surface area contributed by atoms with Gasteiger partial charge in [-0.1, -0.05) is 0 Å². The maximum Gasteiger partial charge on any atom is 0.160 e. The summed E-state index contributed by atoms with van der Waals surface area (Å²) in [5, 5.41) is 4.46. The van der Waals surface area contributed by atoms with Gasteiger partial charge in [-0.25, -0.2) is 9.97 Å². The molecule has 0 aliphatic heterocycles. The minimum absolute atomic E-state index is 0.838. The summed E-state index contributed by atoms with van der Waals surface area (Å²) in [7, 11) is 0. The molecule has 0 amide bonds. The average Bonchev–Trinajstić information content (AvgIpc) is 2.65. The summed E-state index contributed by atoms with van der Waals surface area (Å²) >= 11 is 1.75. The van der Waals surface area contributed by atoms with Crippen LogP contribution >= 0.6 is 11.3 Å². The third-order valence-electron chi connectivity index (χ3n) is 2.27. The molecule has 0 atom stereocenters. The molecule has 3 aromatic rings. The van der Waals surface area contributed by atoms with Crippen molar-refractivity contribution < 1.29 is 0 Å². The fraction of sp³-hybridized carbons (Fsp3) is 0.0909. The molecule has 0 N–H and O–H groups in total. The van der Waals surface area contributed by atoms with E-state index in [4.69, 9.17) is 0 Å². The highest BCUT2D eigenvalue weighted by Gasteiger charge is 2.03. The van der Waals surface area contributed by atoms with Crippen molar-refractivity contribution in [2.24, 2.45) is 0 Å². The van der Waals surface area contributed by atoms with Crippen LogP contribution in [0.3, 0.4) is 0 Å². The Morgan fingerprint density at radius 2 is 2.07 bits per heavy atom. The van der Waals surface area contributed by atoms with Crippen molar-refractivity contribution in [2.45, 2.75) is 6.92 Å². The summed E-state index contributed by atoms with van der Waals surface area (Å²) in [6.07, 6.45) is 3.74. The third kappa shape index (κ3) is 1.02. The molecule has 0 unspecified atom stereocenters. The van der Waals surface area contributed by atoms with Gasteiger partial charge in [0.1, 0.15) is 0 Å². The van der Waals surface area contributed by atoms with E-state index < -0.39 is 0 Å². The van der Waals surface area contributed by atoms with Crippen molar-refractivity contribution in [3.8, 4) is 0 Å².